The molecule has 0 bridgehead atoms. The second-order valence-electron chi connectivity index (χ2n) is 5.02. The molecule has 0 amide bonds. The Morgan fingerprint density at radius 1 is 1.42 bits per heavy atom. The van der Waals surface area contributed by atoms with Crippen LogP contribution in [0.3, 0.4) is 0 Å². The number of aliphatic carboxylic acids is 1. The molecule has 2 unspecified atom stereocenters. The second kappa shape index (κ2) is 7.14. The number of carbonyl (C=O) groups is 1. The average molecular weight is 265 g/mol. The van der Waals surface area contributed by atoms with E-state index < -0.39 is 5.97 Å². The quantitative estimate of drug-likeness (QED) is 0.795. The van der Waals surface area contributed by atoms with Gasteiger partial charge in [0, 0.05) is 12.0 Å². The van der Waals surface area contributed by atoms with E-state index in [1.807, 2.05) is 45.0 Å². The minimum Gasteiger partial charge on any atom is -0.491 e. The summed E-state index contributed by atoms with van der Waals surface area (Å²) < 4.78 is 5.64. The van der Waals surface area contributed by atoms with Crippen molar-refractivity contribution in [3.05, 3.63) is 29.8 Å². The molecule has 0 heterocycles. The Bertz CT molecular complexity index is 418. The highest BCUT2D eigenvalue weighted by atomic mass is 16.5. The van der Waals surface area contributed by atoms with Crippen LogP contribution in [-0.2, 0) is 4.79 Å². The van der Waals surface area contributed by atoms with E-state index in [1.54, 1.807) is 0 Å². The first-order valence-electron chi connectivity index (χ1n) is 6.68. The molecule has 0 saturated heterocycles. The van der Waals surface area contributed by atoms with Gasteiger partial charge in [-0.2, -0.15) is 0 Å². The fourth-order valence-corrected chi connectivity index (χ4v) is 2.08. The van der Waals surface area contributed by atoms with Crippen LogP contribution in [0.15, 0.2) is 24.3 Å². The molecule has 0 spiro atoms. The van der Waals surface area contributed by atoms with Gasteiger partial charge < -0.3 is 15.6 Å². The molecule has 0 aliphatic rings. The van der Waals surface area contributed by atoms with Crippen molar-refractivity contribution in [3.63, 3.8) is 0 Å². The zero-order chi connectivity index (χ0) is 14.4. The van der Waals surface area contributed by atoms with Crippen molar-refractivity contribution in [2.24, 2.45) is 5.73 Å². The zero-order valence-electron chi connectivity index (χ0n) is 11.8. The molecule has 0 aliphatic heterocycles. The summed E-state index contributed by atoms with van der Waals surface area (Å²) in [4.78, 5) is 11.0. The lowest BCUT2D eigenvalue weighted by atomic mass is 9.87. The van der Waals surface area contributed by atoms with Gasteiger partial charge in [0.2, 0.25) is 0 Å². The molecule has 2 atom stereocenters. The number of hydrogen-bond donors (Lipinski definition) is 2. The second-order valence-corrected chi connectivity index (χ2v) is 5.02. The van der Waals surface area contributed by atoms with Crippen molar-refractivity contribution in [1.29, 1.82) is 0 Å². The summed E-state index contributed by atoms with van der Waals surface area (Å²) in [5, 5.41) is 9.02. The Hall–Kier alpha value is -1.55. The first-order valence-corrected chi connectivity index (χ1v) is 6.68. The first-order chi connectivity index (χ1) is 8.93. The standard InChI is InChI=1S/C15H23NO3/c1-4-14(16)13(9-15(17)18)11-6-5-7-12(8-11)19-10(2)3/h5-8,10,13-14H,4,9,16H2,1-3H3,(H,17,18). The topological polar surface area (TPSA) is 72.6 Å². The van der Waals surface area contributed by atoms with Crippen molar-refractivity contribution >= 4 is 5.97 Å². The maximum absolute atomic E-state index is 11.0. The smallest absolute Gasteiger partial charge is 0.304 e. The van der Waals surface area contributed by atoms with Gasteiger partial charge >= 0.3 is 5.97 Å². The van der Waals surface area contributed by atoms with E-state index in [9.17, 15) is 4.79 Å². The summed E-state index contributed by atoms with van der Waals surface area (Å²) in [7, 11) is 0. The van der Waals surface area contributed by atoms with E-state index in [0.717, 1.165) is 17.7 Å². The van der Waals surface area contributed by atoms with E-state index in [4.69, 9.17) is 15.6 Å². The Kier molecular flexibility index (Phi) is 5.83. The number of carboxylic acids is 1. The average Bonchev–Trinajstić information content (AvgIpc) is 2.34. The molecular weight excluding hydrogens is 242 g/mol. The third-order valence-electron chi connectivity index (χ3n) is 3.04. The van der Waals surface area contributed by atoms with Crippen LogP contribution in [0.5, 0.6) is 5.75 Å². The largest absolute Gasteiger partial charge is 0.491 e. The number of carboxylic acid groups (broad SMARTS) is 1. The number of hydrogen-bond acceptors (Lipinski definition) is 3. The van der Waals surface area contributed by atoms with Gasteiger partial charge in [0.15, 0.2) is 0 Å². The van der Waals surface area contributed by atoms with Crippen molar-refractivity contribution in [1.82, 2.24) is 0 Å². The van der Waals surface area contributed by atoms with Crippen LogP contribution in [0.2, 0.25) is 0 Å². The van der Waals surface area contributed by atoms with Gasteiger partial charge in [0.05, 0.1) is 12.5 Å². The van der Waals surface area contributed by atoms with Gasteiger partial charge in [-0.05, 0) is 38.0 Å². The molecular formula is C15H23NO3. The predicted octanol–water partition coefficient (Wildman–Crippen LogP) is 2.77. The molecule has 0 radical (unpaired) electrons. The van der Waals surface area contributed by atoms with Gasteiger partial charge in [-0.15, -0.1) is 0 Å². The van der Waals surface area contributed by atoms with Crippen LogP contribution in [0.4, 0.5) is 0 Å². The summed E-state index contributed by atoms with van der Waals surface area (Å²) in [6.07, 6.45) is 0.876. The Morgan fingerprint density at radius 2 is 2.11 bits per heavy atom. The fourth-order valence-electron chi connectivity index (χ4n) is 2.08. The number of ether oxygens (including phenoxy) is 1. The highest BCUT2D eigenvalue weighted by molar-refractivity contribution is 5.68. The summed E-state index contributed by atoms with van der Waals surface area (Å²) in [6, 6.07) is 7.40. The Labute approximate surface area is 114 Å². The highest BCUT2D eigenvalue weighted by Crippen LogP contribution is 2.27. The molecule has 0 aromatic heterocycles. The zero-order valence-corrected chi connectivity index (χ0v) is 11.8. The molecule has 1 rings (SSSR count). The van der Waals surface area contributed by atoms with Crippen LogP contribution >= 0.6 is 0 Å². The summed E-state index contributed by atoms with van der Waals surface area (Å²) >= 11 is 0. The molecule has 4 nitrogen and oxygen atoms in total. The molecule has 4 heteroatoms. The van der Waals surface area contributed by atoms with Gasteiger partial charge in [0.25, 0.3) is 0 Å². The van der Waals surface area contributed by atoms with E-state index in [1.165, 1.54) is 0 Å². The fraction of sp³-hybridized carbons (Fsp3) is 0.533. The SMILES string of the molecule is CCC(N)C(CC(=O)O)c1cccc(OC(C)C)c1. The highest BCUT2D eigenvalue weighted by Gasteiger charge is 2.22. The van der Waals surface area contributed by atoms with Crippen LogP contribution < -0.4 is 10.5 Å². The molecule has 106 valence electrons. The first kappa shape index (κ1) is 15.5. The number of benzene rings is 1. The third kappa shape index (κ3) is 4.91. The van der Waals surface area contributed by atoms with Crippen LogP contribution in [0.25, 0.3) is 0 Å². The minimum absolute atomic E-state index is 0.0418. The summed E-state index contributed by atoms with van der Waals surface area (Å²) in [6.45, 7) is 5.88. The Balaban J connectivity index is 2.97. The molecule has 3 N–H and O–H groups in total. The van der Waals surface area contributed by atoms with Crippen LogP contribution in [0.1, 0.15) is 45.1 Å². The predicted molar refractivity (Wildman–Crippen MR) is 75.5 cm³/mol. The normalized spacial score (nSPS) is 14.2. The Morgan fingerprint density at radius 3 is 2.63 bits per heavy atom. The van der Waals surface area contributed by atoms with Crippen LogP contribution in [-0.4, -0.2) is 23.2 Å². The lowest BCUT2D eigenvalue weighted by molar-refractivity contribution is -0.137. The monoisotopic (exact) mass is 265 g/mol. The molecule has 1 aromatic rings. The molecule has 0 saturated carbocycles. The number of nitrogens with two attached hydrogens (primary N) is 1. The van der Waals surface area contributed by atoms with E-state index >= 15 is 0 Å². The molecule has 0 aliphatic carbocycles. The molecule has 19 heavy (non-hydrogen) atoms. The lowest BCUT2D eigenvalue weighted by Crippen LogP contribution is -2.29. The van der Waals surface area contributed by atoms with E-state index in [0.29, 0.717) is 0 Å². The minimum atomic E-state index is -0.830. The van der Waals surface area contributed by atoms with Gasteiger partial charge in [-0.1, -0.05) is 19.1 Å². The third-order valence-corrected chi connectivity index (χ3v) is 3.04. The van der Waals surface area contributed by atoms with Crippen molar-refractivity contribution in [2.45, 2.75) is 51.7 Å². The van der Waals surface area contributed by atoms with E-state index in [2.05, 4.69) is 0 Å². The van der Waals surface area contributed by atoms with Gasteiger partial charge in [-0.25, -0.2) is 0 Å². The van der Waals surface area contributed by atoms with Crippen molar-refractivity contribution < 1.29 is 14.6 Å². The van der Waals surface area contributed by atoms with Crippen molar-refractivity contribution in [3.8, 4) is 5.75 Å². The number of rotatable bonds is 7. The maximum atomic E-state index is 11.0. The van der Waals surface area contributed by atoms with Crippen molar-refractivity contribution in [2.75, 3.05) is 0 Å². The lowest BCUT2D eigenvalue weighted by Gasteiger charge is -2.22. The molecule has 0 fully saturated rings. The summed E-state index contributed by atoms with van der Waals surface area (Å²) in [5.74, 6) is -0.256. The summed E-state index contributed by atoms with van der Waals surface area (Å²) in [5.41, 5.74) is 6.97. The maximum Gasteiger partial charge on any atom is 0.304 e. The van der Waals surface area contributed by atoms with Gasteiger partial charge in [0.1, 0.15) is 5.75 Å². The van der Waals surface area contributed by atoms with E-state index in [-0.39, 0.29) is 24.5 Å². The van der Waals surface area contributed by atoms with Gasteiger partial charge in [-0.3, -0.25) is 4.79 Å². The molecule has 1 aromatic carbocycles. The van der Waals surface area contributed by atoms with Crippen LogP contribution in [0, 0.1) is 0 Å².